The van der Waals surface area contributed by atoms with Crippen molar-refractivity contribution in [1.82, 2.24) is 10.2 Å². The molecule has 9 heteroatoms. The van der Waals surface area contributed by atoms with E-state index in [0.29, 0.717) is 17.7 Å². The lowest BCUT2D eigenvalue weighted by molar-refractivity contribution is -0.140. The summed E-state index contributed by atoms with van der Waals surface area (Å²) in [7, 11) is 1.62. The first-order valence-electron chi connectivity index (χ1n) is 9.76. The summed E-state index contributed by atoms with van der Waals surface area (Å²) < 4.78 is 44.8. The van der Waals surface area contributed by atoms with E-state index in [0.717, 1.165) is 31.0 Å². The highest BCUT2D eigenvalue weighted by Gasteiger charge is 2.31. The molecule has 2 N–H and O–H groups in total. The summed E-state index contributed by atoms with van der Waals surface area (Å²) in [5, 5.41) is 11.6. The number of ether oxygens (including phenoxy) is 1. The SMILES string of the molecule is CCCCNC(=O)N(C)Cc1cccc(-c2cc(C(F)(F)F)ccc2OCC(=O)O)c1. The first kappa shape index (κ1) is 24.0. The summed E-state index contributed by atoms with van der Waals surface area (Å²) >= 11 is 0. The number of rotatable bonds is 9. The molecule has 2 aromatic carbocycles. The number of benzene rings is 2. The minimum absolute atomic E-state index is 0.0261. The molecule has 31 heavy (non-hydrogen) atoms. The molecule has 0 spiro atoms. The Morgan fingerprint density at radius 2 is 1.90 bits per heavy atom. The quantitative estimate of drug-likeness (QED) is 0.553. The number of unbranched alkanes of at least 4 members (excludes halogenated alkanes) is 1. The molecular formula is C22H25F3N2O4. The van der Waals surface area contributed by atoms with E-state index in [2.05, 4.69) is 5.32 Å². The van der Waals surface area contributed by atoms with Crippen LogP contribution < -0.4 is 10.1 Å². The van der Waals surface area contributed by atoms with Gasteiger partial charge in [-0.05, 0) is 41.8 Å². The van der Waals surface area contributed by atoms with Crippen molar-refractivity contribution < 1.29 is 32.6 Å². The molecule has 0 heterocycles. The predicted octanol–water partition coefficient (Wildman–Crippen LogP) is 4.78. The Kier molecular flexibility index (Phi) is 8.30. The van der Waals surface area contributed by atoms with E-state index in [9.17, 15) is 22.8 Å². The van der Waals surface area contributed by atoms with Gasteiger partial charge in [0, 0.05) is 25.7 Å². The van der Waals surface area contributed by atoms with Gasteiger partial charge in [-0.15, -0.1) is 0 Å². The van der Waals surface area contributed by atoms with Crippen LogP contribution in [-0.2, 0) is 17.5 Å². The molecule has 6 nitrogen and oxygen atoms in total. The summed E-state index contributed by atoms with van der Waals surface area (Å²) in [4.78, 5) is 24.5. The zero-order chi connectivity index (χ0) is 23.0. The van der Waals surface area contributed by atoms with Crippen molar-refractivity contribution in [2.24, 2.45) is 0 Å². The third kappa shape index (κ3) is 7.20. The van der Waals surface area contributed by atoms with Gasteiger partial charge in [0.05, 0.1) is 5.56 Å². The molecule has 0 fully saturated rings. The first-order chi connectivity index (χ1) is 14.6. The topological polar surface area (TPSA) is 78.9 Å². The van der Waals surface area contributed by atoms with Gasteiger partial charge >= 0.3 is 18.2 Å². The number of amides is 2. The Morgan fingerprint density at radius 1 is 1.16 bits per heavy atom. The minimum Gasteiger partial charge on any atom is -0.481 e. The zero-order valence-electron chi connectivity index (χ0n) is 17.3. The van der Waals surface area contributed by atoms with E-state index in [-0.39, 0.29) is 23.9 Å². The fourth-order valence-corrected chi connectivity index (χ4v) is 2.89. The van der Waals surface area contributed by atoms with Crippen molar-refractivity contribution in [2.75, 3.05) is 20.2 Å². The average molecular weight is 438 g/mol. The summed E-state index contributed by atoms with van der Waals surface area (Å²) in [6, 6.07) is 9.31. The van der Waals surface area contributed by atoms with Gasteiger partial charge in [-0.25, -0.2) is 9.59 Å². The van der Waals surface area contributed by atoms with E-state index in [1.807, 2.05) is 6.92 Å². The van der Waals surface area contributed by atoms with Gasteiger partial charge < -0.3 is 20.1 Å². The summed E-state index contributed by atoms with van der Waals surface area (Å²) in [6.45, 7) is 2.15. The number of carboxylic acids is 1. The van der Waals surface area contributed by atoms with Crippen molar-refractivity contribution in [3.8, 4) is 16.9 Å². The normalized spacial score (nSPS) is 11.1. The summed E-state index contributed by atoms with van der Waals surface area (Å²) in [6.07, 6.45) is -2.74. The van der Waals surface area contributed by atoms with Crippen LogP contribution in [0.2, 0.25) is 0 Å². The first-order valence-corrected chi connectivity index (χ1v) is 9.76. The molecule has 0 bridgehead atoms. The van der Waals surface area contributed by atoms with Crippen LogP contribution >= 0.6 is 0 Å². The number of halogens is 3. The van der Waals surface area contributed by atoms with E-state index in [1.165, 1.54) is 4.90 Å². The number of carboxylic acid groups (broad SMARTS) is 1. The van der Waals surface area contributed by atoms with Crippen LogP contribution in [0, 0.1) is 0 Å². The monoisotopic (exact) mass is 438 g/mol. The lowest BCUT2D eigenvalue weighted by Gasteiger charge is -2.19. The van der Waals surface area contributed by atoms with Gasteiger partial charge in [0.25, 0.3) is 0 Å². The van der Waals surface area contributed by atoms with Gasteiger partial charge in [0.15, 0.2) is 6.61 Å². The van der Waals surface area contributed by atoms with Crippen LogP contribution in [-0.4, -0.2) is 42.2 Å². The molecule has 0 radical (unpaired) electrons. The largest absolute Gasteiger partial charge is 0.481 e. The number of aliphatic carboxylic acids is 1. The molecule has 0 aliphatic carbocycles. The molecule has 0 aromatic heterocycles. The Morgan fingerprint density at radius 3 is 2.55 bits per heavy atom. The minimum atomic E-state index is -4.56. The number of nitrogens with one attached hydrogen (secondary N) is 1. The molecule has 0 aliphatic heterocycles. The molecule has 0 saturated heterocycles. The molecule has 0 unspecified atom stereocenters. The van der Waals surface area contributed by atoms with E-state index in [1.54, 1.807) is 31.3 Å². The maximum absolute atomic E-state index is 13.2. The molecule has 0 aliphatic rings. The number of nitrogens with zero attached hydrogens (tertiary/aromatic N) is 1. The third-order valence-electron chi connectivity index (χ3n) is 4.47. The van der Waals surface area contributed by atoms with Crippen molar-refractivity contribution in [3.63, 3.8) is 0 Å². The highest BCUT2D eigenvalue weighted by molar-refractivity contribution is 5.75. The molecule has 2 amide bonds. The number of carbonyl (C=O) groups excluding carboxylic acids is 1. The third-order valence-corrected chi connectivity index (χ3v) is 4.47. The van der Waals surface area contributed by atoms with Gasteiger partial charge in [0.1, 0.15) is 5.75 Å². The number of urea groups is 1. The average Bonchev–Trinajstić information content (AvgIpc) is 2.71. The molecule has 0 saturated carbocycles. The van der Waals surface area contributed by atoms with Crippen LogP contribution in [0.25, 0.3) is 11.1 Å². The second-order valence-electron chi connectivity index (χ2n) is 7.03. The number of hydrogen-bond acceptors (Lipinski definition) is 3. The number of hydrogen-bond donors (Lipinski definition) is 2. The van der Waals surface area contributed by atoms with Crippen LogP contribution in [0.15, 0.2) is 42.5 Å². The Labute approximate surface area is 178 Å². The summed E-state index contributed by atoms with van der Waals surface area (Å²) in [5.41, 5.74) is 0.368. The molecule has 2 rings (SSSR count). The van der Waals surface area contributed by atoms with E-state index < -0.39 is 24.3 Å². The van der Waals surface area contributed by atoms with Gasteiger partial charge in [-0.2, -0.15) is 13.2 Å². The molecule has 168 valence electrons. The van der Waals surface area contributed by atoms with Gasteiger partial charge in [0.2, 0.25) is 0 Å². The maximum atomic E-state index is 13.2. The van der Waals surface area contributed by atoms with E-state index >= 15 is 0 Å². The van der Waals surface area contributed by atoms with Crippen LogP contribution in [0.5, 0.6) is 5.75 Å². The fourth-order valence-electron chi connectivity index (χ4n) is 2.89. The van der Waals surface area contributed by atoms with Crippen LogP contribution in [0.3, 0.4) is 0 Å². The van der Waals surface area contributed by atoms with Crippen molar-refractivity contribution in [3.05, 3.63) is 53.6 Å². The van der Waals surface area contributed by atoms with Crippen molar-refractivity contribution in [2.45, 2.75) is 32.5 Å². The molecule has 0 atom stereocenters. The lowest BCUT2D eigenvalue weighted by Crippen LogP contribution is -2.37. The Hall–Kier alpha value is -3.23. The van der Waals surface area contributed by atoms with Gasteiger partial charge in [-0.3, -0.25) is 0 Å². The van der Waals surface area contributed by atoms with Crippen molar-refractivity contribution in [1.29, 1.82) is 0 Å². The Bertz CT molecular complexity index is 916. The number of carbonyl (C=O) groups is 2. The second kappa shape index (κ2) is 10.7. The fraction of sp³-hybridized carbons (Fsp3) is 0.364. The molecule has 2 aromatic rings. The summed E-state index contributed by atoms with van der Waals surface area (Å²) in [5.74, 6) is -1.21. The van der Waals surface area contributed by atoms with Crippen LogP contribution in [0.1, 0.15) is 30.9 Å². The smallest absolute Gasteiger partial charge is 0.416 e. The van der Waals surface area contributed by atoms with E-state index in [4.69, 9.17) is 9.84 Å². The highest BCUT2D eigenvalue weighted by Crippen LogP contribution is 2.37. The second-order valence-corrected chi connectivity index (χ2v) is 7.03. The standard InChI is InChI=1S/C22H25F3N2O4/c1-3-4-10-26-21(30)27(2)13-15-6-5-7-16(11-15)18-12-17(22(23,24)25)8-9-19(18)31-14-20(28)29/h5-9,11-12H,3-4,10,13-14H2,1-2H3,(H,26,30)(H,28,29). The van der Waals surface area contributed by atoms with Crippen molar-refractivity contribution >= 4 is 12.0 Å². The highest BCUT2D eigenvalue weighted by atomic mass is 19.4. The molecular weight excluding hydrogens is 413 g/mol. The maximum Gasteiger partial charge on any atom is 0.416 e. The Balaban J connectivity index is 2.30. The predicted molar refractivity (Wildman–Crippen MR) is 110 cm³/mol. The number of alkyl halides is 3. The lowest BCUT2D eigenvalue weighted by atomic mass is 9.99. The van der Waals surface area contributed by atoms with Crippen LogP contribution in [0.4, 0.5) is 18.0 Å². The zero-order valence-corrected chi connectivity index (χ0v) is 17.3. The van der Waals surface area contributed by atoms with Gasteiger partial charge in [-0.1, -0.05) is 31.5 Å².